The van der Waals surface area contributed by atoms with Crippen LogP contribution in [0.4, 0.5) is 0 Å². The van der Waals surface area contributed by atoms with E-state index in [9.17, 15) is 9.59 Å². The third kappa shape index (κ3) is 3.26. The maximum atomic E-state index is 12.2. The number of carboxylic acid groups (broad SMARTS) is 1. The number of carbonyl (C=O) groups is 2. The summed E-state index contributed by atoms with van der Waals surface area (Å²) in [7, 11) is 0. The molecule has 0 saturated heterocycles. The lowest BCUT2D eigenvalue weighted by Crippen LogP contribution is -2.41. The smallest absolute Gasteiger partial charge is 0.323 e. The lowest BCUT2D eigenvalue weighted by Gasteiger charge is -2.24. The second kappa shape index (κ2) is 5.27. The third-order valence-corrected chi connectivity index (χ3v) is 3.18. The molecule has 0 radical (unpaired) electrons. The average molecular weight is 256 g/mol. The van der Waals surface area contributed by atoms with Crippen molar-refractivity contribution in [2.75, 3.05) is 6.54 Å². The first-order chi connectivity index (χ1) is 7.82. The zero-order valence-electron chi connectivity index (χ0n) is 10.4. The van der Waals surface area contributed by atoms with Crippen molar-refractivity contribution < 1.29 is 14.7 Å². The van der Waals surface area contributed by atoms with Gasteiger partial charge in [-0.1, -0.05) is 0 Å². The number of amides is 1. The van der Waals surface area contributed by atoms with Crippen LogP contribution in [-0.4, -0.2) is 39.5 Å². The summed E-state index contributed by atoms with van der Waals surface area (Å²) in [6, 6.07) is -0.167. The van der Waals surface area contributed by atoms with Gasteiger partial charge in [0.25, 0.3) is 5.91 Å². The largest absolute Gasteiger partial charge is 0.480 e. The molecule has 0 spiro atoms. The quantitative estimate of drug-likeness (QED) is 0.890. The van der Waals surface area contributed by atoms with E-state index in [1.54, 1.807) is 13.8 Å². The van der Waals surface area contributed by atoms with Crippen molar-refractivity contribution in [1.82, 2.24) is 9.88 Å². The molecular weight excluding hydrogens is 240 g/mol. The first kappa shape index (κ1) is 13.6. The highest BCUT2D eigenvalue weighted by molar-refractivity contribution is 7.11. The number of thiazole rings is 1. The molecule has 1 N–H and O–H groups in total. The number of nitrogens with zero attached hydrogens (tertiary/aromatic N) is 2. The van der Waals surface area contributed by atoms with Gasteiger partial charge in [0.2, 0.25) is 0 Å². The topological polar surface area (TPSA) is 70.5 Å². The minimum absolute atomic E-state index is 0.167. The standard InChI is InChI=1S/C11H16N2O3S/c1-6(2)13(5-9(14)15)11(16)10-7(3)17-8(4)12-10/h6H,5H2,1-4H3,(H,14,15). The van der Waals surface area contributed by atoms with Crippen molar-refractivity contribution in [1.29, 1.82) is 0 Å². The molecule has 0 unspecified atom stereocenters. The molecule has 5 nitrogen and oxygen atoms in total. The number of aryl methyl sites for hydroxylation is 2. The summed E-state index contributed by atoms with van der Waals surface area (Å²) < 4.78 is 0. The van der Waals surface area contributed by atoms with E-state index in [1.165, 1.54) is 16.2 Å². The van der Waals surface area contributed by atoms with Gasteiger partial charge in [0.1, 0.15) is 12.2 Å². The van der Waals surface area contributed by atoms with Gasteiger partial charge in [-0.2, -0.15) is 0 Å². The highest BCUT2D eigenvalue weighted by Crippen LogP contribution is 2.18. The van der Waals surface area contributed by atoms with Crippen molar-refractivity contribution in [3.8, 4) is 0 Å². The number of rotatable bonds is 4. The molecule has 0 saturated carbocycles. The second-order valence-corrected chi connectivity index (χ2v) is 5.47. The minimum Gasteiger partial charge on any atom is -0.480 e. The summed E-state index contributed by atoms with van der Waals surface area (Å²) in [5, 5.41) is 9.60. The van der Waals surface area contributed by atoms with Crippen LogP contribution in [-0.2, 0) is 4.79 Å². The SMILES string of the molecule is Cc1nc(C(=O)N(CC(=O)O)C(C)C)c(C)s1. The predicted molar refractivity (Wildman–Crippen MR) is 65.4 cm³/mol. The zero-order valence-corrected chi connectivity index (χ0v) is 11.2. The fraction of sp³-hybridized carbons (Fsp3) is 0.545. The third-order valence-electron chi connectivity index (χ3n) is 2.30. The lowest BCUT2D eigenvalue weighted by atomic mass is 10.2. The number of aromatic nitrogens is 1. The van der Waals surface area contributed by atoms with E-state index in [1.807, 2.05) is 13.8 Å². The maximum absolute atomic E-state index is 12.2. The zero-order chi connectivity index (χ0) is 13.2. The van der Waals surface area contributed by atoms with Gasteiger partial charge in [-0.3, -0.25) is 9.59 Å². The highest BCUT2D eigenvalue weighted by atomic mass is 32.1. The first-order valence-electron chi connectivity index (χ1n) is 5.29. The van der Waals surface area contributed by atoms with E-state index in [4.69, 9.17) is 5.11 Å². The fourth-order valence-corrected chi connectivity index (χ4v) is 2.31. The van der Waals surface area contributed by atoms with Crippen LogP contribution < -0.4 is 0 Å². The van der Waals surface area contributed by atoms with Crippen LogP contribution in [0.2, 0.25) is 0 Å². The van der Waals surface area contributed by atoms with E-state index in [2.05, 4.69) is 4.98 Å². The number of hydrogen-bond acceptors (Lipinski definition) is 4. The molecule has 94 valence electrons. The molecule has 1 heterocycles. The minimum atomic E-state index is -1.02. The maximum Gasteiger partial charge on any atom is 0.323 e. The summed E-state index contributed by atoms with van der Waals surface area (Å²) in [6.07, 6.45) is 0. The molecule has 0 aliphatic carbocycles. The molecule has 1 aromatic heterocycles. The Hall–Kier alpha value is -1.43. The van der Waals surface area contributed by atoms with Gasteiger partial charge in [0.05, 0.1) is 5.01 Å². The van der Waals surface area contributed by atoms with Crippen LogP contribution >= 0.6 is 11.3 Å². The fourth-order valence-electron chi connectivity index (χ4n) is 1.50. The Morgan fingerprint density at radius 3 is 2.35 bits per heavy atom. The van der Waals surface area contributed by atoms with Gasteiger partial charge in [0, 0.05) is 10.9 Å². The van der Waals surface area contributed by atoms with Crippen LogP contribution in [0, 0.1) is 13.8 Å². The monoisotopic (exact) mass is 256 g/mol. The molecule has 0 atom stereocenters. The molecule has 0 bridgehead atoms. The predicted octanol–water partition coefficient (Wildman–Crippen LogP) is 1.70. The van der Waals surface area contributed by atoms with E-state index in [0.717, 1.165) is 9.88 Å². The van der Waals surface area contributed by atoms with Crippen LogP contribution in [0.1, 0.15) is 34.2 Å². The van der Waals surface area contributed by atoms with Crippen molar-refractivity contribution >= 4 is 23.2 Å². The lowest BCUT2D eigenvalue weighted by molar-refractivity contribution is -0.138. The van der Waals surface area contributed by atoms with Gasteiger partial charge in [-0.15, -0.1) is 11.3 Å². The summed E-state index contributed by atoms with van der Waals surface area (Å²) in [5.41, 5.74) is 0.363. The van der Waals surface area contributed by atoms with Crippen molar-refractivity contribution in [3.63, 3.8) is 0 Å². The number of carbonyl (C=O) groups excluding carboxylic acids is 1. The summed E-state index contributed by atoms with van der Waals surface area (Å²) in [5.74, 6) is -1.33. The van der Waals surface area contributed by atoms with Crippen LogP contribution in [0.3, 0.4) is 0 Å². The number of aliphatic carboxylic acids is 1. The van der Waals surface area contributed by atoms with Crippen LogP contribution in [0.5, 0.6) is 0 Å². The molecule has 0 aromatic carbocycles. The summed E-state index contributed by atoms with van der Waals surface area (Å²) in [4.78, 5) is 29.2. The van der Waals surface area contributed by atoms with Gasteiger partial charge in [-0.25, -0.2) is 4.98 Å². The Bertz CT molecular complexity index is 440. The Morgan fingerprint density at radius 1 is 1.41 bits per heavy atom. The second-order valence-electron chi connectivity index (χ2n) is 4.06. The molecule has 1 amide bonds. The normalized spacial score (nSPS) is 10.6. The van der Waals surface area contributed by atoms with Crippen molar-refractivity contribution in [3.05, 3.63) is 15.6 Å². The van der Waals surface area contributed by atoms with Crippen LogP contribution in [0.15, 0.2) is 0 Å². The van der Waals surface area contributed by atoms with Crippen molar-refractivity contribution in [2.24, 2.45) is 0 Å². The van der Waals surface area contributed by atoms with Crippen LogP contribution in [0.25, 0.3) is 0 Å². The Balaban J connectivity index is 2.99. The summed E-state index contributed by atoms with van der Waals surface area (Å²) >= 11 is 1.44. The average Bonchev–Trinajstić information content (AvgIpc) is 2.52. The molecule has 6 heteroatoms. The van der Waals surface area contributed by atoms with Gasteiger partial charge >= 0.3 is 5.97 Å². The van der Waals surface area contributed by atoms with Crippen molar-refractivity contribution in [2.45, 2.75) is 33.7 Å². The molecule has 1 aromatic rings. The molecule has 0 fully saturated rings. The summed E-state index contributed by atoms with van der Waals surface area (Å²) in [6.45, 7) is 6.92. The van der Waals surface area contributed by atoms with Gasteiger partial charge < -0.3 is 10.0 Å². The Kier molecular flexibility index (Phi) is 4.22. The van der Waals surface area contributed by atoms with Gasteiger partial charge in [0.15, 0.2) is 0 Å². The Morgan fingerprint density at radius 2 is 2.00 bits per heavy atom. The van der Waals surface area contributed by atoms with E-state index >= 15 is 0 Å². The number of carboxylic acids is 1. The van der Waals surface area contributed by atoms with E-state index in [-0.39, 0.29) is 18.5 Å². The highest BCUT2D eigenvalue weighted by Gasteiger charge is 2.24. The van der Waals surface area contributed by atoms with E-state index < -0.39 is 5.97 Å². The molecule has 0 aliphatic rings. The molecular formula is C11H16N2O3S. The first-order valence-corrected chi connectivity index (χ1v) is 6.11. The molecule has 0 aliphatic heterocycles. The molecule has 17 heavy (non-hydrogen) atoms. The molecule has 1 rings (SSSR count). The van der Waals surface area contributed by atoms with Gasteiger partial charge in [-0.05, 0) is 27.7 Å². The Labute approximate surface area is 104 Å². The van der Waals surface area contributed by atoms with E-state index in [0.29, 0.717) is 5.69 Å². The number of hydrogen-bond donors (Lipinski definition) is 1.